The Balaban J connectivity index is 1.61. The summed E-state index contributed by atoms with van der Waals surface area (Å²) in [5.74, 6) is 1.18. The number of carbonyl (C=O) groups is 1. The van der Waals surface area contributed by atoms with Crippen LogP contribution in [0.4, 0.5) is 17.6 Å². The van der Waals surface area contributed by atoms with Gasteiger partial charge in [0.1, 0.15) is 5.82 Å². The van der Waals surface area contributed by atoms with Gasteiger partial charge >= 0.3 is 5.97 Å². The van der Waals surface area contributed by atoms with Gasteiger partial charge in [0.2, 0.25) is 5.95 Å². The summed E-state index contributed by atoms with van der Waals surface area (Å²) in [6.07, 6.45) is 5.84. The second-order valence-electron chi connectivity index (χ2n) is 7.72. The van der Waals surface area contributed by atoms with Gasteiger partial charge in [-0.25, -0.2) is 9.78 Å². The molecule has 3 atom stereocenters. The van der Waals surface area contributed by atoms with E-state index in [2.05, 4.69) is 35.7 Å². The number of carbonyl (C=O) groups excluding carboxylic acids is 1. The third-order valence-corrected chi connectivity index (χ3v) is 5.62. The van der Waals surface area contributed by atoms with Gasteiger partial charge in [0.05, 0.1) is 7.11 Å². The Labute approximate surface area is 164 Å². The van der Waals surface area contributed by atoms with E-state index in [1.807, 2.05) is 20.0 Å². The Kier molecular flexibility index (Phi) is 5.17. The first-order chi connectivity index (χ1) is 13.5. The van der Waals surface area contributed by atoms with Gasteiger partial charge in [-0.3, -0.25) is 5.10 Å². The number of nitrogens with zero attached hydrogens (tertiary/aromatic N) is 4. The summed E-state index contributed by atoms with van der Waals surface area (Å²) in [7, 11) is 3.36. The first-order valence-corrected chi connectivity index (χ1v) is 9.77. The van der Waals surface area contributed by atoms with Crippen LogP contribution in [0.25, 0.3) is 0 Å². The summed E-state index contributed by atoms with van der Waals surface area (Å²) in [5.41, 5.74) is 1.16. The number of aromatic nitrogens is 4. The van der Waals surface area contributed by atoms with Crippen molar-refractivity contribution < 1.29 is 9.53 Å². The lowest BCUT2D eigenvalue weighted by atomic mass is 9.83. The summed E-state index contributed by atoms with van der Waals surface area (Å²) in [6.45, 7) is 1.92. The van der Waals surface area contributed by atoms with Crippen LogP contribution in [0.1, 0.15) is 48.3 Å². The number of rotatable bonds is 5. The Hall–Kier alpha value is -2.68. The second kappa shape index (κ2) is 7.75. The smallest absolute Gasteiger partial charge is 0.356 e. The maximum Gasteiger partial charge on any atom is 0.356 e. The summed E-state index contributed by atoms with van der Waals surface area (Å²) < 4.78 is 4.88. The van der Waals surface area contributed by atoms with Crippen molar-refractivity contribution in [2.45, 2.75) is 57.2 Å². The van der Waals surface area contributed by atoms with Crippen LogP contribution < -0.4 is 15.5 Å². The van der Waals surface area contributed by atoms with E-state index in [1.54, 1.807) is 6.07 Å². The molecule has 1 unspecified atom stereocenters. The molecule has 0 radical (unpaired) electrons. The molecule has 2 aromatic heterocycles. The molecule has 0 saturated carbocycles. The fourth-order valence-electron chi connectivity index (χ4n) is 4.19. The van der Waals surface area contributed by atoms with Crippen LogP contribution in [0, 0.1) is 6.92 Å². The third-order valence-electron chi connectivity index (χ3n) is 5.62. The molecular formula is C19H27N7O2. The van der Waals surface area contributed by atoms with Crippen LogP contribution >= 0.6 is 0 Å². The highest BCUT2D eigenvalue weighted by Crippen LogP contribution is 2.30. The third kappa shape index (κ3) is 3.94. The topological polar surface area (TPSA) is 108 Å². The van der Waals surface area contributed by atoms with Gasteiger partial charge in [0, 0.05) is 43.0 Å². The largest absolute Gasteiger partial charge is 0.464 e. The molecule has 9 heteroatoms. The zero-order valence-electron chi connectivity index (χ0n) is 16.5. The highest BCUT2D eigenvalue weighted by molar-refractivity contribution is 5.88. The number of esters is 1. The molecule has 2 aromatic rings. The predicted octanol–water partition coefficient (Wildman–Crippen LogP) is 2.15. The van der Waals surface area contributed by atoms with E-state index >= 15 is 0 Å². The Morgan fingerprint density at radius 2 is 1.96 bits per heavy atom. The monoisotopic (exact) mass is 385 g/mol. The minimum absolute atomic E-state index is 0.225. The van der Waals surface area contributed by atoms with Crippen LogP contribution in [0.5, 0.6) is 0 Å². The molecule has 2 aliphatic heterocycles. The number of fused-ring (bicyclic) bond motifs is 2. The van der Waals surface area contributed by atoms with Gasteiger partial charge in [0.25, 0.3) is 0 Å². The van der Waals surface area contributed by atoms with E-state index in [0.29, 0.717) is 35.7 Å². The Bertz CT molecular complexity index is 841. The first-order valence-electron chi connectivity index (χ1n) is 9.77. The van der Waals surface area contributed by atoms with Gasteiger partial charge in [-0.1, -0.05) is 6.42 Å². The number of methoxy groups -OCH3 is 1. The lowest BCUT2D eigenvalue weighted by molar-refractivity contribution is 0.0594. The van der Waals surface area contributed by atoms with Crippen molar-refractivity contribution in [1.82, 2.24) is 25.5 Å². The average molecular weight is 385 g/mol. The number of hydrogen-bond donors (Lipinski definition) is 3. The molecule has 150 valence electrons. The van der Waals surface area contributed by atoms with Crippen LogP contribution in [-0.2, 0) is 4.74 Å². The number of anilines is 3. The van der Waals surface area contributed by atoms with E-state index in [4.69, 9.17) is 4.74 Å². The number of aryl methyl sites for hydroxylation is 1. The molecule has 9 nitrogen and oxygen atoms in total. The number of hydrogen-bond acceptors (Lipinski definition) is 8. The van der Waals surface area contributed by atoms with Crippen molar-refractivity contribution in [3.8, 4) is 0 Å². The van der Waals surface area contributed by atoms with Crippen molar-refractivity contribution in [2.24, 2.45) is 0 Å². The summed E-state index contributed by atoms with van der Waals surface area (Å²) >= 11 is 0. The summed E-state index contributed by atoms with van der Waals surface area (Å²) in [4.78, 5) is 23.4. The van der Waals surface area contributed by atoms with Gasteiger partial charge in [-0.2, -0.15) is 10.1 Å². The predicted molar refractivity (Wildman–Crippen MR) is 106 cm³/mol. The SMILES string of the molecule is COC(=O)c1cc(Nc2cc(C)[nH]n2)nc(N(C)C2C[C@H]3CCC[C@@H](C2)N3)n1. The minimum Gasteiger partial charge on any atom is -0.464 e. The standard InChI is InChI=1S/C19H27N7O2/c1-11-7-17(25-24-11)22-16-10-15(18(27)28-3)21-19(23-16)26(2)14-8-12-5-4-6-13(9-14)20-12/h7,10,12-14,20H,4-6,8-9H2,1-3H3,(H2,21,22,23,24,25)/t12-,13+,14?. The van der Waals surface area contributed by atoms with E-state index < -0.39 is 5.97 Å². The van der Waals surface area contributed by atoms with E-state index in [1.165, 1.54) is 26.4 Å². The molecule has 28 heavy (non-hydrogen) atoms. The van der Waals surface area contributed by atoms with Gasteiger partial charge < -0.3 is 20.3 Å². The summed E-state index contributed by atoms with van der Waals surface area (Å²) in [5, 5.41) is 13.9. The van der Waals surface area contributed by atoms with Crippen LogP contribution in [-0.4, -0.2) is 58.4 Å². The molecule has 0 spiro atoms. The van der Waals surface area contributed by atoms with Crippen molar-refractivity contribution >= 4 is 23.6 Å². The molecule has 0 aromatic carbocycles. The van der Waals surface area contributed by atoms with Crippen molar-refractivity contribution in [3.63, 3.8) is 0 Å². The maximum absolute atomic E-state index is 12.1. The normalized spacial score (nSPS) is 23.9. The molecule has 4 heterocycles. The number of nitrogens with one attached hydrogen (secondary N) is 3. The van der Waals surface area contributed by atoms with Crippen LogP contribution in [0.2, 0.25) is 0 Å². The highest BCUT2D eigenvalue weighted by Gasteiger charge is 2.34. The van der Waals surface area contributed by atoms with Crippen molar-refractivity contribution in [3.05, 3.63) is 23.5 Å². The average Bonchev–Trinajstić information content (AvgIpc) is 3.10. The van der Waals surface area contributed by atoms with E-state index in [-0.39, 0.29) is 5.69 Å². The second-order valence-corrected chi connectivity index (χ2v) is 7.72. The molecule has 3 N–H and O–H groups in total. The number of H-pyrrole nitrogens is 1. The summed E-state index contributed by atoms with van der Waals surface area (Å²) in [6, 6.07) is 4.90. The fraction of sp³-hybridized carbons (Fsp3) is 0.579. The number of ether oxygens (including phenoxy) is 1. The number of aromatic amines is 1. The molecule has 0 amide bonds. The number of piperidine rings is 2. The van der Waals surface area contributed by atoms with Crippen LogP contribution in [0.15, 0.2) is 12.1 Å². The van der Waals surface area contributed by atoms with Crippen molar-refractivity contribution in [1.29, 1.82) is 0 Å². The fourth-order valence-corrected chi connectivity index (χ4v) is 4.19. The van der Waals surface area contributed by atoms with Crippen molar-refractivity contribution in [2.75, 3.05) is 24.4 Å². The molecule has 2 fully saturated rings. The first kappa shape index (κ1) is 18.7. The van der Waals surface area contributed by atoms with Gasteiger partial charge in [-0.05, 0) is 32.6 Å². The minimum atomic E-state index is -0.486. The Morgan fingerprint density at radius 1 is 1.21 bits per heavy atom. The van der Waals surface area contributed by atoms with Crippen LogP contribution in [0.3, 0.4) is 0 Å². The lowest BCUT2D eigenvalue weighted by Gasteiger charge is -2.43. The molecule has 2 bridgehead atoms. The lowest BCUT2D eigenvalue weighted by Crippen LogP contribution is -2.54. The molecule has 4 rings (SSSR count). The van der Waals surface area contributed by atoms with E-state index in [9.17, 15) is 4.79 Å². The quantitative estimate of drug-likeness (QED) is 0.672. The molecule has 0 aliphatic carbocycles. The highest BCUT2D eigenvalue weighted by atomic mass is 16.5. The van der Waals surface area contributed by atoms with Gasteiger partial charge in [-0.15, -0.1) is 0 Å². The molecule has 2 aliphatic rings. The van der Waals surface area contributed by atoms with E-state index in [0.717, 1.165) is 18.5 Å². The van der Waals surface area contributed by atoms with Gasteiger partial charge in [0.15, 0.2) is 11.5 Å². The zero-order chi connectivity index (χ0) is 19.7. The maximum atomic E-state index is 12.1. The Morgan fingerprint density at radius 3 is 2.61 bits per heavy atom. The molecular weight excluding hydrogens is 358 g/mol. The zero-order valence-corrected chi connectivity index (χ0v) is 16.5. The molecule has 2 saturated heterocycles.